The van der Waals surface area contributed by atoms with Crippen LogP contribution >= 0.6 is 0 Å². The van der Waals surface area contributed by atoms with Crippen molar-refractivity contribution in [2.75, 3.05) is 0 Å². The molecule has 1 aromatic carbocycles. The largest absolute Gasteiger partial charge is 0.346 e. The topological polar surface area (TPSA) is 50.1 Å². The summed E-state index contributed by atoms with van der Waals surface area (Å²) in [4.78, 5) is 22.0. The molecule has 0 radical (unpaired) electrons. The molecule has 0 aliphatic rings. The van der Waals surface area contributed by atoms with Gasteiger partial charge in [-0.25, -0.2) is 9.83 Å². The molecule has 0 aliphatic carbocycles. The van der Waals surface area contributed by atoms with Gasteiger partial charge in [0.15, 0.2) is 11.5 Å². The van der Waals surface area contributed by atoms with Crippen LogP contribution < -0.4 is 0 Å². The van der Waals surface area contributed by atoms with E-state index >= 15 is 0 Å². The Hall–Kier alpha value is -3.19. The molecule has 0 bridgehead atoms. The number of aromatic nitrogens is 2. The number of hydrogen-bond donors (Lipinski definition) is 1. The Bertz CT molecular complexity index is 929. The number of hydrogen-bond acceptors (Lipinski definition) is 2. The van der Waals surface area contributed by atoms with Crippen molar-refractivity contribution in [3.8, 4) is 11.1 Å². The molecule has 3 rings (SSSR count). The van der Waals surface area contributed by atoms with E-state index in [1.807, 2.05) is 30.5 Å². The van der Waals surface area contributed by atoms with Gasteiger partial charge in [0.1, 0.15) is 5.65 Å². The maximum atomic E-state index is 11.1. The number of aromatic amines is 1. The smallest absolute Gasteiger partial charge is 0.187 e. The van der Waals surface area contributed by atoms with E-state index in [0.29, 0.717) is 5.69 Å². The van der Waals surface area contributed by atoms with Crippen molar-refractivity contribution in [3.05, 3.63) is 65.8 Å². The maximum Gasteiger partial charge on any atom is 0.187 e. The van der Waals surface area contributed by atoms with Crippen molar-refractivity contribution in [3.63, 3.8) is 0 Å². The monoisotopic (exact) mass is 287 g/mol. The molecule has 106 valence electrons. The number of H-pyrrole nitrogens is 1. The highest BCUT2D eigenvalue weighted by molar-refractivity contribution is 5.96. The lowest BCUT2D eigenvalue weighted by molar-refractivity contribution is -0.112. The van der Waals surface area contributed by atoms with Crippen LogP contribution in [0, 0.1) is 6.57 Å². The van der Waals surface area contributed by atoms with Crippen LogP contribution in [0.3, 0.4) is 0 Å². The highest BCUT2D eigenvalue weighted by Crippen LogP contribution is 2.27. The van der Waals surface area contributed by atoms with E-state index in [0.717, 1.165) is 27.7 Å². The van der Waals surface area contributed by atoms with Crippen LogP contribution in [0.1, 0.15) is 12.5 Å². The quantitative estimate of drug-likeness (QED) is 0.574. The summed E-state index contributed by atoms with van der Waals surface area (Å²) < 4.78 is 0. The van der Waals surface area contributed by atoms with Crippen LogP contribution in [0.4, 0.5) is 5.69 Å². The number of benzene rings is 1. The molecular weight excluding hydrogens is 274 g/mol. The van der Waals surface area contributed by atoms with Crippen LogP contribution in [-0.4, -0.2) is 15.8 Å². The SMILES string of the molecule is [C-]#[N+]c1cccc(-c2cnc3[nH]cc(/C=C/C(C)=O)c3c2)c1. The van der Waals surface area contributed by atoms with Gasteiger partial charge in [-0.1, -0.05) is 18.2 Å². The lowest BCUT2D eigenvalue weighted by Gasteiger charge is -2.02. The lowest BCUT2D eigenvalue weighted by Crippen LogP contribution is -1.83. The summed E-state index contributed by atoms with van der Waals surface area (Å²) >= 11 is 0. The van der Waals surface area contributed by atoms with Gasteiger partial charge in [-0.15, -0.1) is 0 Å². The van der Waals surface area contributed by atoms with Crippen molar-refractivity contribution in [1.82, 2.24) is 9.97 Å². The van der Waals surface area contributed by atoms with Gasteiger partial charge < -0.3 is 4.98 Å². The van der Waals surface area contributed by atoms with Crippen LogP contribution in [0.2, 0.25) is 0 Å². The first-order valence-electron chi connectivity index (χ1n) is 6.81. The molecule has 1 N–H and O–H groups in total. The second kappa shape index (κ2) is 5.66. The summed E-state index contributed by atoms with van der Waals surface area (Å²) in [5, 5.41) is 0.947. The van der Waals surface area contributed by atoms with Gasteiger partial charge in [-0.05, 0) is 42.3 Å². The molecule has 0 saturated heterocycles. The van der Waals surface area contributed by atoms with Crippen LogP contribution in [0.15, 0.2) is 48.8 Å². The van der Waals surface area contributed by atoms with E-state index < -0.39 is 0 Å². The number of ketones is 1. The number of pyridine rings is 1. The molecule has 2 aromatic heterocycles. The molecule has 0 saturated carbocycles. The minimum atomic E-state index is 0.00298. The molecule has 22 heavy (non-hydrogen) atoms. The van der Waals surface area contributed by atoms with Crippen LogP contribution in [-0.2, 0) is 4.79 Å². The predicted molar refractivity (Wildman–Crippen MR) is 87.5 cm³/mol. The van der Waals surface area contributed by atoms with Crippen molar-refractivity contribution in [2.45, 2.75) is 6.92 Å². The van der Waals surface area contributed by atoms with Gasteiger partial charge in [0, 0.05) is 23.3 Å². The Morgan fingerprint density at radius 1 is 1.32 bits per heavy atom. The second-order valence-corrected chi connectivity index (χ2v) is 4.97. The summed E-state index contributed by atoms with van der Waals surface area (Å²) in [6.07, 6.45) is 6.92. The standard InChI is InChI=1S/C18H13N3O/c1-12(22)6-7-14-10-20-18-17(14)9-15(11-21-18)13-4-3-5-16(8-13)19-2/h3-11H,1H3,(H,20,21)/b7-6+. The molecule has 2 heterocycles. The zero-order chi connectivity index (χ0) is 15.5. The van der Waals surface area contributed by atoms with E-state index in [9.17, 15) is 4.79 Å². The number of nitrogens with one attached hydrogen (secondary N) is 1. The first kappa shape index (κ1) is 13.8. The molecule has 3 aromatic rings. The number of carbonyl (C=O) groups is 1. The van der Waals surface area contributed by atoms with E-state index in [1.165, 1.54) is 13.0 Å². The summed E-state index contributed by atoms with van der Waals surface area (Å²) in [5.41, 5.74) is 4.18. The Kier molecular flexibility index (Phi) is 3.55. The van der Waals surface area contributed by atoms with Crippen molar-refractivity contribution < 1.29 is 4.79 Å². The highest BCUT2D eigenvalue weighted by Gasteiger charge is 2.06. The molecule has 0 amide bonds. The maximum absolute atomic E-state index is 11.1. The molecule has 4 nitrogen and oxygen atoms in total. The van der Waals surface area contributed by atoms with Gasteiger partial charge in [0.05, 0.1) is 6.57 Å². The lowest BCUT2D eigenvalue weighted by atomic mass is 10.0. The van der Waals surface area contributed by atoms with Crippen molar-refractivity contribution >= 4 is 28.6 Å². The Morgan fingerprint density at radius 3 is 2.95 bits per heavy atom. The summed E-state index contributed by atoms with van der Waals surface area (Å²) in [7, 11) is 0. The summed E-state index contributed by atoms with van der Waals surface area (Å²) in [6.45, 7) is 8.62. The van der Waals surface area contributed by atoms with Crippen molar-refractivity contribution in [2.24, 2.45) is 0 Å². The minimum Gasteiger partial charge on any atom is -0.346 e. The third kappa shape index (κ3) is 2.65. The molecule has 0 atom stereocenters. The van der Waals surface area contributed by atoms with E-state index in [1.54, 1.807) is 18.3 Å². The number of allylic oxidation sites excluding steroid dienone is 1. The fraction of sp³-hybridized carbons (Fsp3) is 0.0556. The van der Waals surface area contributed by atoms with Gasteiger partial charge in [0.25, 0.3) is 0 Å². The van der Waals surface area contributed by atoms with Crippen LogP contribution in [0.5, 0.6) is 0 Å². The Morgan fingerprint density at radius 2 is 2.18 bits per heavy atom. The first-order valence-corrected chi connectivity index (χ1v) is 6.81. The number of rotatable bonds is 3. The number of carbonyl (C=O) groups excluding carboxylic acids is 1. The van der Waals surface area contributed by atoms with E-state index in [2.05, 4.69) is 14.8 Å². The van der Waals surface area contributed by atoms with E-state index in [4.69, 9.17) is 6.57 Å². The predicted octanol–water partition coefficient (Wildman–Crippen LogP) is 4.38. The normalized spacial score (nSPS) is 10.9. The molecule has 0 aliphatic heterocycles. The molecule has 0 fully saturated rings. The molecular formula is C18H13N3O. The third-order valence-corrected chi connectivity index (χ3v) is 3.37. The fourth-order valence-electron chi connectivity index (χ4n) is 2.28. The number of fused-ring (bicyclic) bond motifs is 1. The molecule has 0 unspecified atom stereocenters. The summed E-state index contributed by atoms with van der Waals surface area (Å²) in [6, 6.07) is 9.45. The highest BCUT2D eigenvalue weighted by atomic mass is 16.1. The van der Waals surface area contributed by atoms with Gasteiger partial charge in [0.2, 0.25) is 0 Å². The zero-order valence-corrected chi connectivity index (χ0v) is 12.0. The second-order valence-electron chi connectivity index (χ2n) is 4.97. The average Bonchev–Trinajstić information content (AvgIpc) is 2.95. The average molecular weight is 287 g/mol. The van der Waals surface area contributed by atoms with E-state index in [-0.39, 0.29) is 5.78 Å². The van der Waals surface area contributed by atoms with Crippen molar-refractivity contribution in [1.29, 1.82) is 0 Å². The third-order valence-electron chi connectivity index (χ3n) is 3.37. The first-order chi connectivity index (χ1) is 10.7. The Labute approximate surface area is 127 Å². The van der Waals surface area contributed by atoms with Gasteiger partial charge in [-0.2, -0.15) is 0 Å². The fourth-order valence-corrected chi connectivity index (χ4v) is 2.28. The Balaban J connectivity index is 2.10. The van der Waals surface area contributed by atoms with Gasteiger partial charge in [-0.3, -0.25) is 4.79 Å². The molecule has 0 spiro atoms. The summed E-state index contributed by atoms with van der Waals surface area (Å²) in [5.74, 6) is 0.00298. The van der Waals surface area contributed by atoms with Crippen LogP contribution in [0.25, 0.3) is 33.1 Å². The van der Waals surface area contributed by atoms with Gasteiger partial charge >= 0.3 is 0 Å². The molecule has 4 heteroatoms. The minimum absolute atomic E-state index is 0.00298. The zero-order valence-electron chi connectivity index (χ0n) is 12.0. The number of nitrogens with zero attached hydrogens (tertiary/aromatic N) is 2.